The van der Waals surface area contributed by atoms with Gasteiger partial charge in [0.05, 0.1) is 17.6 Å². The molecule has 1 aliphatic heterocycles. The van der Waals surface area contributed by atoms with Crippen LogP contribution in [0.1, 0.15) is 17.2 Å². The highest BCUT2D eigenvalue weighted by Gasteiger charge is 2.22. The van der Waals surface area contributed by atoms with E-state index in [2.05, 4.69) is 15.3 Å². The van der Waals surface area contributed by atoms with E-state index >= 15 is 0 Å². The van der Waals surface area contributed by atoms with E-state index in [-0.39, 0.29) is 5.56 Å². The van der Waals surface area contributed by atoms with Gasteiger partial charge in [0.1, 0.15) is 6.61 Å². The van der Waals surface area contributed by atoms with Crippen molar-refractivity contribution in [3.63, 3.8) is 0 Å². The summed E-state index contributed by atoms with van der Waals surface area (Å²) in [5.74, 6) is -1.79. The molecule has 1 atom stereocenters. The van der Waals surface area contributed by atoms with Crippen molar-refractivity contribution in [3.8, 4) is 0 Å². The first-order chi connectivity index (χ1) is 11.1. The molecule has 1 aliphatic rings. The van der Waals surface area contributed by atoms with Gasteiger partial charge < -0.3 is 10.1 Å². The number of pyridine rings is 1. The maximum Gasteiger partial charge on any atom is 0.285 e. The first-order valence-electron chi connectivity index (χ1n) is 7.10. The molecule has 7 heteroatoms. The largest absolute Gasteiger partial charge is 0.463 e. The smallest absolute Gasteiger partial charge is 0.285 e. The van der Waals surface area contributed by atoms with Gasteiger partial charge >= 0.3 is 0 Å². The molecule has 0 spiro atoms. The Morgan fingerprint density at radius 2 is 2.17 bits per heavy atom. The molecule has 23 heavy (non-hydrogen) atoms. The number of hydrogen-bond acceptors (Lipinski definition) is 4. The summed E-state index contributed by atoms with van der Waals surface area (Å²) < 4.78 is 33.0. The second-order valence-corrected chi connectivity index (χ2v) is 5.53. The summed E-state index contributed by atoms with van der Waals surface area (Å²) in [6.07, 6.45) is 3.51. The number of rotatable bonds is 4. The van der Waals surface area contributed by atoms with Crippen LogP contribution in [0.2, 0.25) is 5.02 Å². The second-order valence-electron chi connectivity index (χ2n) is 5.09. The summed E-state index contributed by atoms with van der Waals surface area (Å²) in [5, 5.41) is 3.50. The average molecular weight is 338 g/mol. The highest BCUT2D eigenvalue weighted by Crippen LogP contribution is 2.24. The van der Waals surface area contributed by atoms with Crippen LogP contribution in [0.5, 0.6) is 0 Å². The first kappa shape index (κ1) is 15.7. The lowest BCUT2D eigenvalue weighted by Crippen LogP contribution is -2.31. The van der Waals surface area contributed by atoms with Crippen LogP contribution >= 0.6 is 11.6 Å². The van der Waals surface area contributed by atoms with Crippen molar-refractivity contribution >= 4 is 17.6 Å². The van der Waals surface area contributed by atoms with Gasteiger partial charge in [0.25, 0.3) is 6.02 Å². The van der Waals surface area contributed by atoms with E-state index in [9.17, 15) is 8.78 Å². The topological polar surface area (TPSA) is 46.5 Å². The summed E-state index contributed by atoms with van der Waals surface area (Å²) in [7, 11) is 0. The molecule has 120 valence electrons. The van der Waals surface area contributed by atoms with Crippen molar-refractivity contribution in [2.24, 2.45) is 4.99 Å². The first-order valence-corrected chi connectivity index (χ1v) is 7.48. The highest BCUT2D eigenvalue weighted by molar-refractivity contribution is 6.30. The number of amidine groups is 1. The predicted molar refractivity (Wildman–Crippen MR) is 83.4 cm³/mol. The Hall–Kier alpha value is -2.21. The fourth-order valence-electron chi connectivity index (χ4n) is 2.40. The molecule has 2 aromatic rings. The van der Waals surface area contributed by atoms with Gasteiger partial charge in [-0.2, -0.15) is 0 Å². The maximum absolute atomic E-state index is 14.2. The van der Waals surface area contributed by atoms with E-state index in [1.165, 1.54) is 18.3 Å². The van der Waals surface area contributed by atoms with Gasteiger partial charge in [-0.1, -0.05) is 23.7 Å². The Labute approximate surface area is 137 Å². The second kappa shape index (κ2) is 6.91. The zero-order chi connectivity index (χ0) is 16.2. The molecule has 0 saturated carbocycles. The van der Waals surface area contributed by atoms with Crippen molar-refractivity contribution in [2.45, 2.75) is 12.5 Å². The molecule has 1 aromatic carbocycles. The predicted octanol–water partition coefficient (Wildman–Crippen LogP) is 3.27. The third kappa shape index (κ3) is 3.76. The van der Waals surface area contributed by atoms with E-state index in [1.54, 1.807) is 12.3 Å². The summed E-state index contributed by atoms with van der Waals surface area (Å²) in [6, 6.07) is 5.59. The highest BCUT2D eigenvalue weighted by atomic mass is 35.5. The molecule has 0 bridgehead atoms. The van der Waals surface area contributed by atoms with Crippen molar-refractivity contribution in [2.75, 3.05) is 13.2 Å². The number of benzene rings is 1. The van der Waals surface area contributed by atoms with E-state index in [1.807, 2.05) is 0 Å². The standard InChI is InChI=1S/C16H14ClF2N3O/c17-11-6-10(8-20-9-11)7-14(22-16-21-4-5-23-16)12-2-1-3-13(18)15(12)19/h1-3,6,8-9,14H,4-5,7H2,(H,21,22). The van der Waals surface area contributed by atoms with Crippen molar-refractivity contribution in [1.29, 1.82) is 0 Å². The fraction of sp³-hybridized carbons (Fsp3) is 0.250. The lowest BCUT2D eigenvalue weighted by molar-refractivity contribution is 0.323. The minimum absolute atomic E-state index is 0.197. The van der Waals surface area contributed by atoms with Crippen LogP contribution in [0.3, 0.4) is 0 Å². The lowest BCUT2D eigenvalue weighted by Gasteiger charge is -2.20. The molecule has 1 N–H and O–H groups in total. The van der Waals surface area contributed by atoms with Gasteiger partial charge in [0.2, 0.25) is 0 Å². The van der Waals surface area contributed by atoms with Crippen LogP contribution < -0.4 is 5.32 Å². The number of ether oxygens (including phenoxy) is 1. The van der Waals surface area contributed by atoms with Crippen molar-refractivity contribution < 1.29 is 13.5 Å². The Morgan fingerprint density at radius 1 is 1.30 bits per heavy atom. The molecule has 0 fully saturated rings. The van der Waals surface area contributed by atoms with Crippen LogP contribution in [-0.2, 0) is 11.2 Å². The van der Waals surface area contributed by atoms with Crippen LogP contribution in [0.4, 0.5) is 8.78 Å². The zero-order valence-corrected chi connectivity index (χ0v) is 12.9. The molecule has 1 aromatic heterocycles. The molecule has 0 radical (unpaired) electrons. The van der Waals surface area contributed by atoms with Gasteiger partial charge in [-0.15, -0.1) is 0 Å². The van der Waals surface area contributed by atoms with Gasteiger partial charge in [-0.25, -0.2) is 13.8 Å². The van der Waals surface area contributed by atoms with Crippen molar-refractivity contribution in [3.05, 3.63) is 64.4 Å². The number of nitrogens with one attached hydrogen (secondary N) is 1. The number of halogens is 3. The SMILES string of the molecule is Fc1cccc(C(Cc2cncc(Cl)c2)NC2=NCCO2)c1F. The number of nitrogens with zero attached hydrogens (tertiary/aromatic N) is 2. The number of aliphatic imine (C=N–C) groups is 1. The fourth-order valence-corrected chi connectivity index (χ4v) is 2.60. The normalized spacial score (nSPS) is 15.0. The molecule has 0 aliphatic carbocycles. The molecule has 0 amide bonds. The van der Waals surface area contributed by atoms with E-state index in [0.29, 0.717) is 30.6 Å². The molecule has 4 nitrogen and oxygen atoms in total. The van der Waals surface area contributed by atoms with E-state index < -0.39 is 17.7 Å². The molecule has 0 saturated heterocycles. The summed E-state index contributed by atoms with van der Waals surface area (Å²) in [4.78, 5) is 8.15. The van der Waals surface area contributed by atoms with E-state index in [0.717, 1.165) is 11.6 Å². The Morgan fingerprint density at radius 3 is 2.91 bits per heavy atom. The number of hydrogen-bond donors (Lipinski definition) is 1. The van der Waals surface area contributed by atoms with Crippen LogP contribution in [0.25, 0.3) is 0 Å². The summed E-state index contributed by atoms with van der Waals surface area (Å²) >= 11 is 5.94. The molecule has 2 heterocycles. The summed E-state index contributed by atoms with van der Waals surface area (Å²) in [6.45, 7) is 1.01. The van der Waals surface area contributed by atoms with E-state index in [4.69, 9.17) is 16.3 Å². The third-order valence-corrected chi connectivity index (χ3v) is 3.65. The van der Waals surface area contributed by atoms with Crippen molar-refractivity contribution in [1.82, 2.24) is 10.3 Å². The van der Waals surface area contributed by atoms with Gasteiger partial charge in [-0.05, 0) is 24.1 Å². The molecular weight excluding hydrogens is 324 g/mol. The minimum atomic E-state index is -0.896. The van der Waals surface area contributed by atoms with Gasteiger partial charge in [0, 0.05) is 18.0 Å². The monoisotopic (exact) mass is 337 g/mol. The molecule has 3 rings (SSSR count). The lowest BCUT2D eigenvalue weighted by atomic mass is 9.99. The van der Waals surface area contributed by atoms with Crippen LogP contribution in [-0.4, -0.2) is 24.2 Å². The Bertz CT molecular complexity index is 739. The van der Waals surface area contributed by atoms with Gasteiger partial charge in [0.15, 0.2) is 11.6 Å². The Balaban J connectivity index is 1.91. The van der Waals surface area contributed by atoms with Gasteiger partial charge in [-0.3, -0.25) is 4.98 Å². The summed E-state index contributed by atoms with van der Waals surface area (Å²) in [5.41, 5.74) is 0.987. The minimum Gasteiger partial charge on any atom is -0.463 e. The maximum atomic E-state index is 14.2. The zero-order valence-electron chi connectivity index (χ0n) is 12.1. The molecule has 1 unspecified atom stereocenters. The quantitative estimate of drug-likeness (QED) is 0.931. The Kier molecular flexibility index (Phi) is 4.71. The molecular formula is C16H14ClF2N3O. The van der Waals surface area contributed by atoms with Crippen LogP contribution in [0.15, 0.2) is 41.7 Å². The van der Waals surface area contributed by atoms with Crippen LogP contribution in [0, 0.1) is 11.6 Å². The third-order valence-electron chi connectivity index (χ3n) is 3.44. The average Bonchev–Trinajstić information content (AvgIpc) is 3.02. The number of aromatic nitrogens is 1.